The Bertz CT molecular complexity index is 781. The van der Waals surface area contributed by atoms with E-state index < -0.39 is 33.9 Å². The van der Waals surface area contributed by atoms with Crippen LogP contribution in [-0.4, -0.2) is 48.8 Å². The molecule has 2 N–H and O–H groups in total. The molecule has 2 rings (SSSR count). The molecular weight excluding hydrogens is 368 g/mol. The molecule has 0 spiro atoms. The van der Waals surface area contributed by atoms with Crippen molar-refractivity contribution in [1.29, 1.82) is 0 Å². The summed E-state index contributed by atoms with van der Waals surface area (Å²) < 4.78 is 27.2. The summed E-state index contributed by atoms with van der Waals surface area (Å²) in [6.45, 7) is 8.23. The van der Waals surface area contributed by atoms with Crippen LogP contribution in [0.1, 0.15) is 44.5 Å². The summed E-state index contributed by atoms with van der Waals surface area (Å²) in [6, 6.07) is 5.22. The van der Waals surface area contributed by atoms with E-state index in [4.69, 9.17) is 5.11 Å². The monoisotopic (exact) mass is 396 g/mol. The van der Waals surface area contributed by atoms with Gasteiger partial charge >= 0.3 is 5.97 Å². The Hall–Kier alpha value is -1.93. The first-order chi connectivity index (χ1) is 12.5. The summed E-state index contributed by atoms with van der Waals surface area (Å²) >= 11 is 0. The first-order valence-electron chi connectivity index (χ1n) is 9.16. The molecule has 0 bridgehead atoms. The minimum atomic E-state index is -3.59. The number of aliphatic carboxylic acids is 1. The minimum Gasteiger partial charge on any atom is -0.481 e. The fraction of sp³-hybridized carbons (Fsp3) is 0.579. The summed E-state index contributed by atoms with van der Waals surface area (Å²) in [5.74, 6) is -1.52. The lowest BCUT2D eigenvalue weighted by molar-refractivity contribution is -0.141. The number of nitrogens with zero attached hydrogens (tertiary/aromatic N) is 1. The van der Waals surface area contributed by atoms with Crippen LogP contribution in [0.4, 0.5) is 0 Å². The van der Waals surface area contributed by atoms with Crippen molar-refractivity contribution in [3.05, 3.63) is 29.8 Å². The van der Waals surface area contributed by atoms with Crippen LogP contribution in [0.15, 0.2) is 29.2 Å². The van der Waals surface area contributed by atoms with E-state index in [1.54, 1.807) is 6.92 Å². The summed E-state index contributed by atoms with van der Waals surface area (Å²) in [5, 5.41) is 11.6. The maximum atomic E-state index is 12.9. The fourth-order valence-corrected chi connectivity index (χ4v) is 5.04. The SMILES string of the molecule is CC1CC(C)CN(S(=O)(=O)c2ccc(C(=O)NC(C)C(C)C(=O)O)cc2)C1. The third-order valence-electron chi connectivity index (χ3n) is 5.09. The van der Waals surface area contributed by atoms with Crippen molar-refractivity contribution in [1.82, 2.24) is 9.62 Å². The predicted octanol–water partition coefficient (Wildman–Crippen LogP) is 2.19. The molecule has 27 heavy (non-hydrogen) atoms. The van der Waals surface area contributed by atoms with E-state index in [2.05, 4.69) is 5.32 Å². The van der Waals surface area contributed by atoms with Crippen LogP contribution in [0, 0.1) is 17.8 Å². The predicted molar refractivity (Wildman–Crippen MR) is 102 cm³/mol. The van der Waals surface area contributed by atoms with Crippen molar-refractivity contribution >= 4 is 21.9 Å². The number of sulfonamides is 1. The molecule has 1 heterocycles. The van der Waals surface area contributed by atoms with Crippen molar-refractivity contribution in [2.45, 2.75) is 45.1 Å². The molecule has 4 unspecified atom stereocenters. The number of carbonyl (C=O) groups is 2. The average Bonchev–Trinajstić information content (AvgIpc) is 2.60. The summed E-state index contributed by atoms with van der Waals surface area (Å²) in [5.41, 5.74) is 0.291. The lowest BCUT2D eigenvalue weighted by atomic mass is 9.94. The van der Waals surface area contributed by atoms with Gasteiger partial charge in [0.25, 0.3) is 5.91 Å². The van der Waals surface area contributed by atoms with Crippen LogP contribution in [0.25, 0.3) is 0 Å². The molecule has 7 nitrogen and oxygen atoms in total. The van der Waals surface area contributed by atoms with Crippen molar-refractivity contribution in [2.24, 2.45) is 17.8 Å². The average molecular weight is 397 g/mol. The molecule has 8 heteroatoms. The number of hydrogen-bond donors (Lipinski definition) is 2. The standard InChI is InChI=1S/C19H28N2O5S/c1-12-9-13(2)11-21(10-12)27(25,26)17-7-5-16(6-8-17)18(22)20-15(4)14(3)19(23)24/h5-8,12-15H,9-11H2,1-4H3,(H,20,22)(H,23,24). The second-order valence-electron chi connectivity index (χ2n) is 7.68. The molecule has 1 saturated heterocycles. The van der Waals surface area contributed by atoms with Crippen LogP contribution in [0.5, 0.6) is 0 Å². The third kappa shape index (κ3) is 5.07. The number of nitrogens with one attached hydrogen (secondary N) is 1. The smallest absolute Gasteiger partial charge is 0.308 e. The Morgan fingerprint density at radius 3 is 2.11 bits per heavy atom. The largest absolute Gasteiger partial charge is 0.481 e. The zero-order chi connectivity index (χ0) is 20.4. The van der Waals surface area contributed by atoms with Gasteiger partial charge in [0.05, 0.1) is 10.8 Å². The van der Waals surface area contributed by atoms with E-state index in [1.807, 2.05) is 13.8 Å². The highest BCUT2D eigenvalue weighted by Crippen LogP contribution is 2.26. The van der Waals surface area contributed by atoms with Gasteiger partial charge in [-0.1, -0.05) is 13.8 Å². The van der Waals surface area contributed by atoms with Gasteiger partial charge in [-0.05, 0) is 56.4 Å². The summed E-state index contributed by atoms with van der Waals surface area (Å²) in [7, 11) is -3.59. The maximum absolute atomic E-state index is 12.9. The molecule has 0 radical (unpaired) electrons. The summed E-state index contributed by atoms with van der Waals surface area (Å²) in [4.78, 5) is 23.4. The van der Waals surface area contributed by atoms with Gasteiger partial charge in [0.1, 0.15) is 0 Å². The number of carboxylic acid groups (broad SMARTS) is 1. The molecule has 0 aromatic heterocycles. The molecule has 150 valence electrons. The quantitative estimate of drug-likeness (QED) is 0.767. The molecule has 1 aromatic carbocycles. The van der Waals surface area contributed by atoms with Crippen molar-refractivity contribution in [3.63, 3.8) is 0 Å². The van der Waals surface area contributed by atoms with Crippen LogP contribution < -0.4 is 5.32 Å². The Kier molecular flexibility index (Phi) is 6.64. The minimum absolute atomic E-state index is 0.160. The molecule has 1 amide bonds. The number of carbonyl (C=O) groups excluding carboxylic acids is 1. The Morgan fingerprint density at radius 1 is 1.11 bits per heavy atom. The molecule has 1 fully saturated rings. The molecule has 1 aliphatic heterocycles. The number of rotatable bonds is 6. The molecule has 0 saturated carbocycles. The Labute approximate surface area is 160 Å². The summed E-state index contributed by atoms with van der Waals surface area (Å²) in [6.07, 6.45) is 1.01. The highest BCUT2D eigenvalue weighted by molar-refractivity contribution is 7.89. The van der Waals surface area contributed by atoms with E-state index in [9.17, 15) is 18.0 Å². The molecule has 0 aliphatic carbocycles. The first-order valence-corrected chi connectivity index (χ1v) is 10.6. The lowest BCUT2D eigenvalue weighted by Crippen LogP contribution is -2.42. The van der Waals surface area contributed by atoms with Crippen LogP contribution in [-0.2, 0) is 14.8 Å². The van der Waals surface area contributed by atoms with Gasteiger partial charge in [-0.15, -0.1) is 0 Å². The molecule has 1 aliphatic rings. The van der Waals surface area contributed by atoms with E-state index >= 15 is 0 Å². The number of benzene rings is 1. The van der Waals surface area contributed by atoms with Gasteiger partial charge in [0.15, 0.2) is 0 Å². The van der Waals surface area contributed by atoms with E-state index in [0.717, 1.165) is 6.42 Å². The second kappa shape index (κ2) is 8.39. The Balaban J connectivity index is 2.12. The van der Waals surface area contributed by atoms with Crippen LogP contribution in [0.2, 0.25) is 0 Å². The van der Waals surface area contributed by atoms with Gasteiger partial charge in [-0.3, -0.25) is 9.59 Å². The van der Waals surface area contributed by atoms with E-state index in [1.165, 1.54) is 35.5 Å². The van der Waals surface area contributed by atoms with E-state index in [-0.39, 0.29) is 4.90 Å². The van der Waals surface area contributed by atoms with Crippen LogP contribution in [0.3, 0.4) is 0 Å². The van der Waals surface area contributed by atoms with Crippen LogP contribution >= 0.6 is 0 Å². The Morgan fingerprint density at radius 2 is 1.63 bits per heavy atom. The van der Waals surface area contributed by atoms with E-state index in [0.29, 0.717) is 30.5 Å². The molecule has 1 aromatic rings. The zero-order valence-corrected chi connectivity index (χ0v) is 17.0. The zero-order valence-electron chi connectivity index (χ0n) is 16.2. The van der Waals surface area contributed by atoms with Gasteiger partial charge in [-0.25, -0.2) is 8.42 Å². The van der Waals surface area contributed by atoms with Crippen molar-refractivity contribution < 1.29 is 23.1 Å². The first kappa shape index (κ1) is 21.4. The maximum Gasteiger partial charge on any atom is 0.308 e. The lowest BCUT2D eigenvalue weighted by Gasteiger charge is -2.34. The number of hydrogen-bond acceptors (Lipinski definition) is 4. The highest BCUT2D eigenvalue weighted by Gasteiger charge is 2.31. The molecular formula is C19H28N2O5S. The third-order valence-corrected chi connectivity index (χ3v) is 6.93. The highest BCUT2D eigenvalue weighted by atomic mass is 32.2. The van der Waals surface area contributed by atoms with Crippen molar-refractivity contribution in [3.8, 4) is 0 Å². The second-order valence-corrected chi connectivity index (χ2v) is 9.62. The number of piperidine rings is 1. The van der Waals surface area contributed by atoms with Gasteiger partial charge in [0, 0.05) is 24.7 Å². The fourth-order valence-electron chi connectivity index (χ4n) is 3.36. The van der Waals surface area contributed by atoms with Gasteiger partial charge in [-0.2, -0.15) is 4.31 Å². The number of amides is 1. The molecule has 4 atom stereocenters. The van der Waals surface area contributed by atoms with Gasteiger partial charge < -0.3 is 10.4 Å². The topological polar surface area (TPSA) is 104 Å². The normalized spacial score (nSPS) is 23.4. The van der Waals surface area contributed by atoms with Gasteiger partial charge in [0.2, 0.25) is 10.0 Å². The van der Waals surface area contributed by atoms with Crippen molar-refractivity contribution in [2.75, 3.05) is 13.1 Å². The number of carboxylic acids is 1.